The van der Waals surface area contributed by atoms with Gasteiger partial charge >= 0.3 is 0 Å². The van der Waals surface area contributed by atoms with Crippen LogP contribution in [0.3, 0.4) is 0 Å². The summed E-state index contributed by atoms with van der Waals surface area (Å²) in [6.07, 6.45) is 4.74. The predicted octanol–water partition coefficient (Wildman–Crippen LogP) is 4.39. The lowest BCUT2D eigenvalue weighted by molar-refractivity contribution is -0.116. The highest BCUT2D eigenvalue weighted by Gasteiger charge is 2.10. The van der Waals surface area contributed by atoms with Gasteiger partial charge in [0.05, 0.1) is 22.7 Å². The summed E-state index contributed by atoms with van der Waals surface area (Å²) in [5.74, 6) is 1.57. The van der Waals surface area contributed by atoms with E-state index in [1.807, 2.05) is 49.4 Å². The number of aryl methyl sites for hydroxylation is 1. The summed E-state index contributed by atoms with van der Waals surface area (Å²) < 4.78 is 8.00. The third-order valence-electron chi connectivity index (χ3n) is 4.32. The molecule has 3 rings (SSSR count). The topological polar surface area (TPSA) is 56.2 Å². The van der Waals surface area contributed by atoms with E-state index in [1.165, 1.54) is 6.08 Å². The number of allylic oxidation sites excluding steroid dienone is 1. The fourth-order valence-corrected chi connectivity index (χ4v) is 3.23. The Morgan fingerprint density at radius 1 is 1.21 bits per heavy atom. The van der Waals surface area contributed by atoms with Gasteiger partial charge in [0.25, 0.3) is 0 Å². The summed E-state index contributed by atoms with van der Waals surface area (Å²) in [4.78, 5) is 16.3. The number of imidazole rings is 1. The lowest BCUT2D eigenvalue weighted by atomic mass is 10.3. The van der Waals surface area contributed by atoms with Crippen LogP contribution in [-0.2, 0) is 17.8 Å². The maximum Gasteiger partial charge on any atom is 0.243 e. The van der Waals surface area contributed by atoms with Gasteiger partial charge in [0.2, 0.25) is 5.91 Å². The van der Waals surface area contributed by atoms with E-state index in [4.69, 9.17) is 21.3 Å². The molecule has 1 amide bonds. The lowest BCUT2D eigenvalue weighted by Crippen LogP contribution is -2.24. The number of hydrogen-bond donors (Lipinski definition) is 1. The largest absolute Gasteiger partial charge is 0.492 e. The van der Waals surface area contributed by atoms with Crippen LogP contribution in [0.5, 0.6) is 5.75 Å². The van der Waals surface area contributed by atoms with Crippen molar-refractivity contribution < 1.29 is 9.53 Å². The van der Waals surface area contributed by atoms with E-state index in [-0.39, 0.29) is 5.91 Å². The van der Waals surface area contributed by atoms with Gasteiger partial charge in [-0.15, -0.1) is 0 Å². The van der Waals surface area contributed by atoms with Crippen LogP contribution >= 0.6 is 11.6 Å². The van der Waals surface area contributed by atoms with Crippen LogP contribution < -0.4 is 10.1 Å². The van der Waals surface area contributed by atoms with Crippen molar-refractivity contribution in [3.8, 4) is 5.75 Å². The minimum atomic E-state index is -0.0849. The fourth-order valence-electron chi connectivity index (χ4n) is 3.04. The van der Waals surface area contributed by atoms with Gasteiger partial charge < -0.3 is 14.6 Å². The molecule has 0 fully saturated rings. The number of halogens is 1. The number of benzene rings is 2. The molecule has 1 heterocycles. The van der Waals surface area contributed by atoms with Crippen LogP contribution in [0.15, 0.2) is 60.7 Å². The second kappa shape index (κ2) is 9.95. The van der Waals surface area contributed by atoms with Crippen molar-refractivity contribution in [2.75, 3.05) is 13.2 Å². The molecule has 5 nitrogen and oxygen atoms in total. The number of carbonyl (C=O) groups excluding carboxylic acids is 1. The number of fused-ring (bicyclic) bond motifs is 1. The van der Waals surface area contributed by atoms with Crippen LogP contribution in [0.1, 0.15) is 19.2 Å². The minimum Gasteiger partial charge on any atom is -0.492 e. The molecule has 0 unspecified atom stereocenters. The summed E-state index contributed by atoms with van der Waals surface area (Å²) in [5.41, 5.74) is 2.05. The first-order chi connectivity index (χ1) is 13.7. The van der Waals surface area contributed by atoms with E-state index in [1.54, 1.807) is 6.08 Å². The first kappa shape index (κ1) is 20.0. The summed E-state index contributed by atoms with van der Waals surface area (Å²) in [5, 5.41) is 3.50. The van der Waals surface area contributed by atoms with Gasteiger partial charge in [-0.05, 0) is 43.7 Å². The van der Waals surface area contributed by atoms with Gasteiger partial charge in [-0.25, -0.2) is 4.98 Å². The Kier molecular flexibility index (Phi) is 7.09. The van der Waals surface area contributed by atoms with Crippen molar-refractivity contribution in [3.63, 3.8) is 0 Å². The number of ether oxygens (including phenoxy) is 1. The smallest absolute Gasteiger partial charge is 0.243 e. The Morgan fingerprint density at radius 2 is 2.00 bits per heavy atom. The van der Waals surface area contributed by atoms with Crippen LogP contribution in [0.25, 0.3) is 11.0 Å². The molecule has 0 atom stereocenters. The highest BCUT2D eigenvalue weighted by atomic mass is 35.5. The minimum absolute atomic E-state index is 0.0849. The molecule has 28 heavy (non-hydrogen) atoms. The number of nitrogens with one attached hydrogen (secondary N) is 1. The molecule has 2 aromatic carbocycles. The number of rotatable bonds is 9. The van der Waals surface area contributed by atoms with E-state index in [9.17, 15) is 4.79 Å². The summed E-state index contributed by atoms with van der Waals surface area (Å²) >= 11 is 6.13. The quantitative estimate of drug-likeness (QED) is 0.430. The molecule has 0 aliphatic heterocycles. The van der Waals surface area contributed by atoms with E-state index in [2.05, 4.69) is 16.0 Å². The molecule has 1 aromatic heterocycles. The molecule has 0 aliphatic carbocycles. The summed E-state index contributed by atoms with van der Waals surface area (Å²) in [6.45, 7) is 3.71. The van der Waals surface area contributed by atoms with Gasteiger partial charge in [0, 0.05) is 19.5 Å². The van der Waals surface area contributed by atoms with Crippen molar-refractivity contribution in [2.45, 2.75) is 26.3 Å². The Labute approximate surface area is 170 Å². The first-order valence-corrected chi connectivity index (χ1v) is 9.79. The Morgan fingerprint density at radius 3 is 2.82 bits per heavy atom. The highest BCUT2D eigenvalue weighted by molar-refractivity contribution is 6.32. The Hall–Kier alpha value is -2.79. The third kappa shape index (κ3) is 5.14. The molecular weight excluding hydrogens is 374 g/mol. The van der Waals surface area contributed by atoms with Crippen molar-refractivity contribution in [1.82, 2.24) is 14.9 Å². The standard InChI is InChI=1S/C22H24ClN3O2/c1-2-8-22(27)24-14-13-21-25-18-10-4-5-11-19(18)26(21)15-7-16-28-20-12-6-3-9-17(20)23/h2-6,8-12H,7,13-16H2,1H3,(H,24,27)/b8-2+. The molecule has 6 heteroatoms. The molecule has 0 bridgehead atoms. The number of nitrogens with zero attached hydrogens (tertiary/aromatic N) is 2. The van der Waals surface area contributed by atoms with Crippen LogP contribution in [0.2, 0.25) is 5.02 Å². The predicted molar refractivity (Wildman–Crippen MR) is 113 cm³/mol. The Bertz CT molecular complexity index is 965. The maximum absolute atomic E-state index is 11.6. The zero-order valence-corrected chi connectivity index (χ0v) is 16.7. The number of para-hydroxylation sites is 3. The van der Waals surface area contributed by atoms with E-state index in [0.717, 1.165) is 29.8 Å². The Balaban J connectivity index is 1.63. The normalized spacial score (nSPS) is 11.2. The lowest BCUT2D eigenvalue weighted by Gasteiger charge is -2.11. The van der Waals surface area contributed by atoms with Gasteiger partial charge in [-0.1, -0.05) is 41.9 Å². The van der Waals surface area contributed by atoms with E-state index in [0.29, 0.717) is 30.3 Å². The molecule has 0 saturated heterocycles. The average molecular weight is 398 g/mol. The van der Waals surface area contributed by atoms with Crippen molar-refractivity contribution in [3.05, 3.63) is 71.5 Å². The average Bonchev–Trinajstić information content (AvgIpc) is 3.04. The number of hydrogen-bond acceptors (Lipinski definition) is 3. The van der Waals surface area contributed by atoms with Gasteiger partial charge in [-0.3, -0.25) is 4.79 Å². The SMILES string of the molecule is C/C=C/C(=O)NCCc1nc2ccccc2n1CCCOc1ccccc1Cl. The van der Waals surface area contributed by atoms with E-state index >= 15 is 0 Å². The second-order valence-corrected chi connectivity index (χ2v) is 6.75. The number of carbonyl (C=O) groups is 1. The summed E-state index contributed by atoms with van der Waals surface area (Å²) in [6, 6.07) is 15.6. The van der Waals surface area contributed by atoms with Crippen molar-refractivity contribution >= 4 is 28.5 Å². The van der Waals surface area contributed by atoms with Crippen LogP contribution in [-0.4, -0.2) is 28.6 Å². The summed E-state index contributed by atoms with van der Waals surface area (Å²) in [7, 11) is 0. The monoisotopic (exact) mass is 397 g/mol. The number of aromatic nitrogens is 2. The van der Waals surface area contributed by atoms with Crippen molar-refractivity contribution in [1.29, 1.82) is 0 Å². The second-order valence-electron chi connectivity index (χ2n) is 6.34. The number of amides is 1. The molecule has 0 spiro atoms. The zero-order valence-electron chi connectivity index (χ0n) is 15.9. The molecule has 0 saturated carbocycles. The van der Waals surface area contributed by atoms with Crippen LogP contribution in [0.4, 0.5) is 0 Å². The molecule has 1 N–H and O–H groups in total. The fraction of sp³-hybridized carbons (Fsp3) is 0.273. The van der Waals surface area contributed by atoms with Gasteiger partial charge in [0.15, 0.2) is 0 Å². The van der Waals surface area contributed by atoms with Crippen molar-refractivity contribution in [2.24, 2.45) is 0 Å². The van der Waals surface area contributed by atoms with Gasteiger partial charge in [-0.2, -0.15) is 0 Å². The van der Waals surface area contributed by atoms with Gasteiger partial charge in [0.1, 0.15) is 11.6 Å². The molecule has 146 valence electrons. The maximum atomic E-state index is 11.6. The highest BCUT2D eigenvalue weighted by Crippen LogP contribution is 2.23. The first-order valence-electron chi connectivity index (χ1n) is 9.41. The van der Waals surface area contributed by atoms with E-state index < -0.39 is 0 Å². The molecule has 0 radical (unpaired) electrons. The van der Waals surface area contributed by atoms with Crippen LogP contribution in [0, 0.1) is 0 Å². The molecule has 0 aliphatic rings. The molecular formula is C22H24ClN3O2. The molecule has 3 aromatic rings. The zero-order chi connectivity index (χ0) is 19.8. The third-order valence-corrected chi connectivity index (χ3v) is 4.63.